The predicted molar refractivity (Wildman–Crippen MR) is 49.1 cm³/mol. The molecule has 1 heterocycles. The van der Waals surface area contributed by atoms with Gasteiger partial charge in [0.2, 0.25) is 0 Å². The SMILES string of the molecule is O=C(O)C1c2ccoc2CCC12CC2. The second kappa shape index (κ2) is 2.41. The fourth-order valence-electron chi connectivity index (χ4n) is 2.74. The molecule has 2 aliphatic carbocycles. The van der Waals surface area contributed by atoms with E-state index in [1.54, 1.807) is 6.26 Å². The Morgan fingerprint density at radius 3 is 2.93 bits per heavy atom. The van der Waals surface area contributed by atoms with Crippen molar-refractivity contribution in [2.45, 2.75) is 31.6 Å². The van der Waals surface area contributed by atoms with Crippen LogP contribution in [-0.4, -0.2) is 11.1 Å². The summed E-state index contributed by atoms with van der Waals surface area (Å²) in [7, 11) is 0. The number of aliphatic carboxylic acids is 1. The molecule has 1 aromatic rings. The third kappa shape index (κ3) is 0.897. The number of hydrogen-bond acceptors (Lipinski definition) is 2. The summed E-state index contributed by atoms with van der Waals surface area (Å²) < 4.78 is 5.29. The van der Waals surface area contributed by atoms with Crippen molar-refractivity contribution < 1.29 is 14.3 Å². The third-order valence-corrected chi connectivity index (χ3v) is 3.69. The zero-order valence-electron chi connectivity index (χ0n) is 7.82. The molecule has 14 heavy (non-hydrogen) atoms. The summed E-state index contributed by atoms with van der Waals surface area (Å²) in [5.41, 5.74) is 0.990. The van der Waals surface area contributed by atoms with Gasteiger partial charge in [0.1, 0.15) is 5.76 Å². The van der Waals surface area contributed by atoms with Crippen LogP contribution in [0.25, 0.3) is 0 Å². The molecule has 0 amide bonds. The molecule has 1 aromatic heterocycles. The standard InChI is InChI=1S/C11H12O3/c12-10(13)9-7-2-6-14-8(7)1-3-11(9)4-5-11/h2,6,9H,1,3-5H2,(H,12,13). The lowest BCUT2D eigenvalue weighted by Crippen LogP contribution is -2.27. The van der Waals surface area contributed by atoms with Crippen LogP contribution in [0.3, 0.4) is 0 Å². The molecule has 1 atom stereocenters. The average molecular weight is 192 g/mol. The largest absolute Gasteiger partial charge is 0.481 e. The van der Waals surface area contributed by atoms with Crippen molar-refractivity contribution in [3.63, 3.8) is 0 Å². The van der Waals surface area contributed by atoms with E-state index in [-0.39, 0.29) is 11.3 Å². The van der Waals surface area contributed by atoms with Crippen LogP contribution in [0.2, 0.25) is 0 Å². The van der Waals surface area contributed by atoms with Gasteiger partial charge in [-0.25, -0.2) is 0 Å². The molecule has 0 aliphatic heterocycles. The average Bonchev–Trinajstić information content (AvgIpc) is 2.75. The quantitative estimate of drug-likeness (QED) is 0.741. The lowest BCUT2D eigenvalue weighted by atomic mass is 9.75. The Balaban J connectivity index is 2.10. The second-order valence-corrected chi connectivity index (χ2v) is 4.43. The van der Waals surface area contributed by atoms with Crippen molar-refractivity contribution >= 4 is 5.97 Å². The number of rotatable bonds is 1. The lowest BCUT2D eigenvalue weighted by Gasteiger charge is -2.27. The fraction of sp³-hybridized carbons (Fsp3) is 0.545. The van der Waals surface area contributed by atoms with Crippen molar-refractivity contribution in [1.29, 1.82) is 0 Å². The molecule has 0 aromatic carbocycles. The summed E-state index contributed by atoms with van der Waals surface area (Å²) in [5.74, 6) is -0.121. The van der Waals surface area contributed by atoms with E-state index in [0.717, 1.165) is 37.0 Å². The highest BCUT2D eigenvalue weighted by Gasteiger charge is 2.55. The van der Waals surface area contributed by atoms with Crippen molar-refractivity contribution in [1.82, 2.24) is 0 Å². The number of carbonyl (C=O) groups is 1. The summed E-state index contributed by atoms with van der Waals surface area (Å²) in [6.07, 6.45) is 5.63. The highest BCUT2D eigenvalue weighted by atomic mass is 16.4. The molecule has 1 N–H and O–H groups in total. The zero-order valence-corrected chi connectivity index (χ0v) is 7.82. The van der Waals surface area contributed by atoms with Crippen LogP contribution in [0.5, 0.6) is 0 Å². The maximum absolute atomic E-state index is 11.2. The molecule has 1 fully saturated rings. The first-order chi connectivity index (χ1) is 6.73. The van der Waals surface area contributed by atoms with E-state index in [0.29, 0.717) is 0 Å². The van der Waals surface area contributed by atoms with Gasteiger partial charge in [-0.05, 0) is 30.7 Å². The summed E-state index contributed by atoms with van der Waals surface area (Å²) in [4.78, 5) is 11.2. The van der Waals surface area contributed by atoms with Crippen molar-refractivity contribution in [3.05, 3.63) is 23.7 Å². The van der Waals surface area contributed by atoms with Gasteiger partial charge in [-0.15, -0.1) is 0 Å². The summed E-state index contributed by atoms with van der Waals surface area (Å²) in [6.45, 7) is 0. The molecular weight excluding hydrogens is 180 g/mol. The molecule has 0 bridgehead atoms. The maximum atomic E-state index is 11.2. The van der Waals surface area contributed by atoms with E-state index in [1.165, 1.54) is 0 Å². The van der Waals surface area contributed by atoms with Gasteiger partial charge >= 0.3 is 5.97 Å². The number of furan rings is 1. The van der Waals surface area contributed by atoms with Crippen molar-refractivity contribution in [2.24, 2.45) is 5.41 Å². The van der Waals surface area contributed by atoms with Crippen LogP contribution in [0, 0.1) is 5.41 Å². The first-order valence-corrected chi connectivity index (χ1v) is 5.02. The number of carboxylic acid groups (broad SMARTS) is 1. The van der Waals surface area contributed by atoms with Crippen LogP contribution in [0.15, 0.2) is 16.7 Å². The van der Waals surface area contributed by atoms with E-state index in [9.17, 15) is 9.90 Å². The smallest absolute Gasteiger partial charge is 0.311 e. The number of fused-ring (bicyclic) bond motifs is 1. The van der Waals surface area contributed by atoms with Gasteiger partial charge in [0.05, 0.1) is 12.2 Å². The van der Waals surface area contributed by atoms with Gasteiger partial charge in [-0.3, -0.25) is 4.79 Å². The Kier molecular flexibility index (Phi) is 1.39. The first kappa shape index (κ1) is 8.09. The lowest BCUT2D eigenvalue weighted by molar-refractivity contribution is -0.141. The summed E-state index contributed by atoms with van der Waals surface area (Å²) in [6, 6.07) is 1.83. The summed E-state index contributed by atoms with van der Waals surface area (Å²) in [5, 5.41) is 9.24. The van der Waals surface area contributed by atoms with Crippen LogP contribution in [0.4, 0.5) is 0 Å². The Morgan fingerprint density at radius 2 is 2.29 bits per heavy atom. The Labute approximate surface area is 81.7 Å². The van der Waals surface area contributed by atoms with Crippen LogP contribution >= 0.6 is 0 Å². The summed E-state index contributed by atoms with van der Waals surface area (Å²) >= 11 is 0. The van der Waals surface area contributed by atoms with Gasteiger partial charge in [0.25, 0.3) is 0 Å². The molecular formula is C11H12O3. The fourth-order valence-corrected chi connectivity index (χ4v) is 2.74. The highest BCUT2D eigenvalue weighted by molar-refractivity contribution is 5.78. The molecule has 2 aliphatic rings. The molecule has 0 radical (unpaired) electrons. The Morgan fingerprint density at radius 1 is 1.50 bits per heavy atom. The van der Waals surface area contributed by atoms with Crippen LogP contribution < -0.4 is 0 Å². The minimum absolute atomic E-state index is 0.0721. The minimum atomic E-state index is -0.690. The Hall–Kier alpha value is -1.25. The molecule has 1 unspecified atom stereocenters. The second-order valence-electron chi connectivity index (χ2n) is 4.43. The van der Waals surface area contributed by atoms with E-state index in [4.69, 9.17) is 4.42 Å². The molecule has 3 heteroatoms. The van der Waals surface area contributed by atoms with Gasteiger partial charge in [0, 0.05) is 12.0 Å². The van der Waals surface area contributed by atoms with E-state index in [1.807, 2.05) is 6.07 Å². The normalized spacial score (nSPS) is 27.3. The molecule has 74 valence electrons. The molecule has 3 rings (SSSR count). The van der Waals surface area contributed by atoms with E-state index < -0.39 is 5.97 Å². The number of hydrogen-bond donors (Lipinski definition) is 1. The van der Waals surface area contributed by atoms with E-state index >= 15 is 0 Å². The van der Waals surface area contributed by atoms with Gasteiger partial charge in [-0.2, -0.15) is 0 Å². The highest BCUT2D eigenvalue weighted by Crippen LogP contribution is 2.62. The first-order valence-electron chi connectivity index (χ1n) is 5.02. The Bertz CT molecular complexity index is 387. The topological polar surface area (TPSA) is 50.4 Å². The minimum Gasteiger partial charge on any atom is -0.481 e. The monoisotopic (exact) mass is 192 g/mol. The van der Waals surface area contributed by atoms with Crippen LogP contribution in [0.1, 0.15) is 36.5 Å². The van der Waals surface area contributed by atoms with Crippen molar-refractivity contribution in [3.8, 4) is 0 Å². The molecule has 1 saturated carbocycles. The molecule has 3 nitrogen and oxygen atoms in total. The third-order valence-electron chi connectivity index (χ3n) is 3.69. The van der Waals surface area contributed by atoms with Crippen molar-refractivity contribution in [2.75, 3.05) is 0 Å². The zero-order chi connectivity index (χ0) is 9.76. The predicted octanol–water partition coefficient (Wildman–Crippen LogP) is 2.17. The van der Waals surface area contributed by atoms with Crippen LogP contribution in [-0.2, 0) is 11.2 Å². The molecule has 1 spiro atoms. The van der Waals surface area contributed by atoms with Gasteiger partial charge < -0.3 is 9.52 Å². The number of carboxylic acids is 1. The van der Waals surface area contributed by atoms with E-state index in [2.05, 4.69) is 0 Å². The number of aryl methyl sites for hydroxylation is 1. The molecule has 0 saturated heterocycles. The van der Waals surface area contributed by atoms with Gasteiger partial charge in [-0.1, -0.05) is 0 Å². The maximum Gasteiger partial charge on any atom is 0.311 e. The van der Waals surface area contributed by atoms with Gasteiger partial charge in [0.15, 0.2) is 0 Å².